The van der Waals surface area contributed by atoms with E-state index in [0.717, 1.165) is 29.1 Å². The van der Waals surface area contributed by atoms with Crippen LogP contribution in [0.15, 0.2) is 47.4 Å². The average molecular weight is 611 g/mol. The van der Waals surface area contributed by atoms with E-state index in [0.29, 0.717) is 43.5 Å². The number of carbonyl (C=O) groups excluding carboxylic acids is 1. The van der Waals surface area contributed by atoms with Gasteiger partial charge in [0.1, 0.15) is 5.75 Å². The molecule has 4 rings (SSSR count). The van der Waals surface area contributed by atoms with E-state index in [-0.39, 0.29) is 35.4 Å². The Morgan fingerprint density at radius 3 is 2.30 bits per heavy atom. The SMILES string of the molecule is CCOc1ccc2nc(N(CCN(CC)CC)C(=O)c3ccc(S(=O)(=O)N4CC(C)OC(C)C4)cc3)sc2c1.Cl. The lowest BCUT2D eigenvalue weighted by molar-refractivity contribution is -0.0440. The molecular formula is C28H39ClN4O5S2. The van der Waals surface area contributed by atoms with Crippen molar-refractivity contribution >= 4 is 55.0 Å². The van der Waals surface area contributed by atoms with E-state index >= 15 is 0 Å². The monoisotopic (exact) mass is 610 g/mol. The number of halogens is 1. The number of benzene rings is 2. The smallest absolute Gasteiger partial charge is 0.260 e. The summed E-state index contributed by atoms with van der Waals surface area (Å²) in [6.45, 7) is 13.9. The van der Waals surface area contributed by atoms with E-state index in [4.69, 9.17) is 14.5 Å². The highest BCUT2D eigenvalue weighted by atomic mass is 35.5. The lowest BCUT2D eigenvalue weighted by atomic mass is 10.2. The van der Waals surface area contributed by atoms with Crippen molar-refractivity contribution in [3.8, 4) is 5.75 Å². The molecule has 2 heterocycles. The number of hydrogen-bond acceptors (Lipinski definition) is 8. The van der Waals surface area contributed by atoms with Crippen molar-refractivity contribution in [2.45, 2.75) is 51.7 Å². The molecule has 1 aromatic heterocycles. The van der Waals surface area contributed by atoms with E-state index in [1.54, 1.807) is 17.0 Å². The second kappa shape index (κ2) is 14.1. The highest BCUT2D eigenvalue weighted by Crippen LogP contribution is 2.32. The molecule has 1 amide bonds. The number of rotatable bonds is 11. The number of nitrogens with zero attached hydrogens (tertiary/aromatic N) is 4. The van der Waals surface area contributed by atoms with Crippen molar-refractivity contribution in [3.63, 3.8) is 0 Å². The largest absolute Gasteiger partial charge is 0.494 e. The predicted octanol–water partition coefficient (Wildman–Crippen LogP) is 4.90. The lowest BCUT2D eigenvalue weighted by Gasteiger charge is -2.34. The molecule has 1 aliphatic rings. The summed E-state index contributed by atoms with van der Waals surface area (Å²) < 4.78 is 40.3. The molecule has 40 heavy (non-hydrogen) atoms. The topological polar surface area (TPSA) is 92.3 Å². The van der Waals surface area contributed by atoms with Gasteiger partial charge < -0.3 is 14.4 Å². The van der Waals surface area contributed by atoms with Crippen LogP contribution in [-0.2, 0) is 14.8 Å². The Balaban J connectivity index is 0.00000441. The van der Waals surface area contributed by atoms with Crippen LogP contribution in [0.1, 0.15) is 45.0 Å². The number of thiazole rings is 1. The minimum Gasteiger partial charge on any atom is -0.494 e. The van der Waals surface area contributed by atoms with Gasteiger partial charge in [0, 0.05) is 31.7 Å². The quantitative estimate of drug-likeness (QED) is 0.305. The average Bonchev–Trinajstić information content (AvgIpc) is 3.33. The van der Waals surface area contributed by atoms with Crippen LogP contribution in [0, 0.1) is 0 Å². The van der Waals surface area contributed by atoms with Crippen molar-refractivity contribution in [1.29, 1.82) is 0 Å². The Hall–Kier alpha value is -2.28. The van der Waals surface area contributed by atoms with E-state index < -0.39 is 10.0 Å². The Labute approximate surface area is 247 Å². The summed E-state index contributed by atoms with van der Waals surface area (Å²) in [5.41, 5.74) is 1.21. The fourth-order valence-corrected chi connectivity index (χ4v) is 7.34. The van der Waals surface area contributed by atoms with E-state index in [2.05, 4.69) is 18.7 Å². The van der Waals surface area contributed by atoms with Crippen LogP contribution >= 0.6 is 23.7 Å². The van der Waals surface area contributed by atoms with Gasteiger partial charge in [-0.05, 0) is 76.3 Å². The van der Waals surface area contributed by atoms with E-state index in [1.807, 2.05) is 39.0 Å². The summed E-state index contributed by atoms with van der Waals surface area (Å²) in [4.78, 5) is 22.7. The van der Waals surface area contributed by atoms with Gasteiger partial charge in [0.2, 0.25) is 10.0 Å². The highest BCUT2D eigenvalue weighted by molar-refractivity contribution is 7.89. The van der Waals surface area contributed by atoms with E-state index in [1.165, 1.54) is 27.8 Å². The Bertz CT molecular complexity index is 1370. The molecule has 12 heteroatoms. The fraction of sp³-hybridized carbons (Fsp3) is 0.500. The van der Waals surface area contributed by atoms with E-state index in [9.17, 15) is 13.2 Å². The summed E-state index contributed by atoms with van der Waals surface area (Å²) in [5.74, 6) is 0.547. The third-order valence-electron chi connectivity index (χ3n) is 6.80. The Morgan fingerprint density at radius 2 is 1.70 bits per heavy atom. The van der Waals surface area contributed by atoms with Gasteiger partial charge in [0.15, 0.2) is 5.13 Å². The lowest BCUT2D eigenvalue weighted by Crippen LogP contribution is -2.48. The van der Waals surface area contributed by atoms with Gasteiger partial charge in [-0.1, -0.05) is 25.2 Å². The second-order valence-electron chi connectivity index (χ2n) is 9.65. The molecule has 1 aliphatic heterocycles. The van der Waals surface area contributed by atoms with Crippen molar-refractivity contribution in [2.75, 3.05) is 50.8 Å². The first kappa shape index (κ1) is 32.2. The van der Waals surface area contributed by atoms with Crippen LogP contribution in [0.5, 0.6) is 5.75 Å². The summed E-state index contributed by atoms with van der Waals surface area (Å²) in [7, 11) is -3.70. The molecule has 2 unspecified atom stereocenters. The maximum absolute atomic E-state index is 13.8. The molecule has 0 N–H and O–H groups in total. The van der Waals surface area contributed by atoms with Gasteiger partial charge in [0.05, 0.1) is 33.9 Å². The zero-order valence-electron chi connectivity index (χ0n) is 23.7. The number of sulfonamides is 1. The minimum atomic E-state index is -3.70. The normalized spacial score (nSPS) is 18.1. The molecule has 0 bridgehead atoms. The summed E-state index contributed by atoms with van der Waals surface area (Å²) >= 11 is 1.44. The van der Waals surface area contributed by atoms with Crippen molar-refractivity contribution in [1.82, 2.24) is 14.2 Å². The number of anilines is 1. The van der Waals surface area contributed by atoms with Crippen LogP contribution in [-0.4, -0.2) is 86.6 Å². The Kier molecular flexibility index (Phi) is 11.3. The molecule has 1 saturated heterocycles. The number of aromatic nitrogens is 1. The first-order valence-electron chi connectivity index (χ1n) is 13.5. The third kappa shape index (κ3) is 7.32. The summed E-state index contributed by atoms with van der Waals surface area (Å²) in [6, 6.07) is 11.9. The molecule has 2 atom stereocenters. The standard InChI is InChI=1S/C28H38N4O5S2.ClH/c1-6-30(7-2)15-16-32(28-29-25-14-11-23(36-8-3)17-26(25)38-28)27(33)22-9-12-24(13-10-22)39(34,35)31-18-20(4)37-21(5)19-31;/h9-14,17,20-21H,6-8,15-16,18-19H2,1-5H3;1H. The van der Waals surface area contributed by atoms with Crippen molar-refractivity contribution < 1.29 is 22.7 Å². The van der Waals surface area contributed by atoms with Gasteiger partial charge in [-0.25, -0.2) is 13.4 Å². The number of ether oxygens (including phenoxy) is 2. The minimum absolute atomic E-state index is 0. The zero-order valence-corrected chi connectivity index (χ0v) is 26.2. The number of hydrogen-bond donors (Lipinski definition) is 0. The molecule has 0 saturated carbocycles. The first-order chi connectivity index (χ1) is 18.7. The highest BCUT2D eigenvalue weighted by Gasteiger charge is 2.32. The van der Waals surface area contributed by atoms with Gasteiger partial charge in [-0.15, -0.1) is 12.4 Å². The molecule has 1 fully saturated rings. The maximum Gasteiger partial charge on any atom is 0.260 e. The molecule has 0 aliphatic carbocycles. The molecular weight excluding hydrogens is 572 g/mol. The predicted molar refractivity (Wildman–Crippen MR) is 163 cm³/mol. The molecule has 3 aromatic rings. The maximum atomic E-state index is 13.8. The van der Waals surface area contributed by atoms with Crippen LogP contribution in [0.3, 0.4) is 0 Å². The fourth-order valence-electron chi connectivity index (χ4n) is 4.73. The summed E-state index contributed by atoms with van der Waals surface area (Å²) in [6.07, 6.45) is -0.357. The zero-order chi connectivity index (χ0) is 28.2. The van der Waals surface area contributed by atoms with Gasteiger partial charge in [-0.2, -0.15) is 4.31 Å². The van der Waals surface area contributed by atoms with Crippen LogP contribution in [0.2, 0.25) is 0 Å². The van der Waals surface area contributed by atoms with Gasteiger partial charge in [-0.3, -0.25) is 9.69 Å². The van der Waals surface area contributed by atoms with Crippen LogP contribution in [0.25, 0.3) is 10.2 Å². The number of fused-ring (bicyclic) bond motifs is 1. The second-order valence-corrected chi connectivity index (χ2v) is 12.6. The number of amides is 1. The molecule has 9 nitrogen and oxygen atoms in total. The van der Waals surface area contributed by atoms with Crippen LogP contribution < -0.4 is 9.64 Å². The van der Waals surface area contributed by atoms with Crippen molar-refractivity contribution in [3.05, 3.63) is 48.0 Å². The third-order valence-corrected chi connectivity index (χ3v) is 9.68. The summed E-state index contributed by atoms with van der Waals surface area (Å²) in [5, 5.41) is 0.601. The molecule has 220 valence electrons. The molecule has 0 radical (unpaired) electrons. The molecule has 0 spiro atoms. The first-order valence-corrected chi connectivity index (χ1v) is 15.7. The molecule has 2 aromatic carbocycles. The van der Waals surface area contributed by atoms with Crippen molar-refractivity contribution in [2.24, 2.45) is 0 Å². The number of carbonyl (C=O) groups is 1. The van der Waals surface area contributed by atoms with Gasteiger partial charge >= 0.3 is 0 Å². The number of likely N-dealkylation sites (N-methyl/N-ethyl adjacent to an activating group) is 1. The number of morpholine rings is 1. The Morgan fingerprint density at radius 1 is 1.05 bits per heavy atom. The van der Waals surface area contributed by atoms with Gasteiger partial charge in [0.25, 0.3) is 5.91 Å². The van der Waals surface area contributed by atoms with Crippen LogP contribution in [0.4, 0.5) is 5.13 Å².